The highest BCUT2D eigenvalue weighted by atomic mass is 16.8. The van der Waals surface area contributed by atoms with Crippen LogP contribution in [0.25, 0.3) is 0 Å². The summed E-state index contributed by atoms with van der Waals surface area (Å²) in [6.07, 6.45) is -7.15. The number of carbonyl (C=O) groups is 4. The predicted molar refractivity (Wildman–Crippen MR) is 93.1 cm³/mol. The molecular formula is C17H29NO9. The van der Waals surface area contributed by atoms with Crippen LogP contribution < -0.4 is 0 Å². The van der Waals surface area contributed by atoms with E-state index in [9.17, 15) is 19.2 Å². The van der Waals surface area contributed by atoms with E-state index in [1.165, 1.54) is 0 Å². The fraction of sp³-hybridized carbons (Fsp3) is 0.765. The maximum Gasteiger partial charge on any atom is 0.520 e. The smallest absolute Gasteiger partial charge is 0.449 e. The molecule has 0 rings (SSSR count). The minimum Gasteiger partial charge on any atom is -0.449 e. The lowest BCUT2D eigenvalue weighted by atomic mass is 10.1. The maximum absolute atomic E-state index is 12.6. The molecule has 1 N–H and O–H groups in total. The molecule has 0 fully saturated rings. The zero-order valence-electron chi connectivity index (χ0n) is 17.0. The van der Waals surface area contributed by atoms with Gasteiger partial charge in [-0.15, -0.1) is 0 Å². The van der Waals surface area contributed by atoms with Gasteiger partial charge in [0.1, 0.15) is 11.2 Å². The first kappa shape index (κ1) is 24.5. The number of imide groups is 1. The van der Waals surface area contributed by atoms with Crippen molar-refractivity contribution >= 4 is 24.5 Å². The van der Waals surface area contributed by atoms with Crippen LogP contribution >= 0.6 is 0 Å². The minimum absolute atomic E-state index is 0.00715. The van der Waals surface area contributed by atoms with E-state index in [4.69, 9.17) is 19.3 Å². The van der Waals surface area contributed by atoms with Crippen LogP contribution in [0, 0.1) is 5.92 Å². The molecule has 0 aromatic rings. The molecule has 10 nitrogen and oxygen atoms in total. The second-order valence-electron chi connectivity index (χ2n) is 8.15. The van der Waals surface area contributed by atoms with E-state index < -0.39 is 41.9 Å². The van der Waals surface area contributed by atoms with Crippen molar-refractivity contribution in [1.82, 2.24) is 4.90 Å². The van der Waals surface area contributed by atoms with Crippen LogP contribution in [0.2, 0.25) is 0 Å². The summed E-state index contributed by atoms with van der Waals surface area (Å²) in [6.45, 7) is 13.1. The number of hydrogen-bond acceptors (Lipinski definition) is 8. The molecule has 0 saturated heterocycles. The van der Waals surface area contributed by atoms with Crippen molar-refractivity contribution in [3.05, 3.63) is 0 Å². The summed E-state index contributed by atoms with van der Waals surface area (Å²) < 4.78 is 19.2. The summed E-state index contributed by atoms with van der Waals surface area (Å²) in [5, 5.41) is 8.52. The standard InChI is InChI=1S/C17H29NO9/c1-10(2)9-11(24-15(23)25-14(21)22)18(12(19)26-16(3,4)5)13(20)27-17(6,7)8/h10-11H,9H2,1-8H3,(H,21,22). The highest BCUT2D eigenvalue weighted by Gasteiger charge is 2.39. The molecule has 0 heterocycles. The number of amides is 2. The van der Waals surface area contributed by atoms with Crippen LogP contribution in [-0.4, -0.2) is 51.9 Å². The molecule has 0 aliphatic heterocycles. The summed E-state index contributed by atoms with van der Waals surface area (Å²) in [4.78, 5) is 47.7. The third-order valence-electron chi connectivity index (χ3n) is 2.54. The Morgan fingerprint density at radius 1 is 0.889 bits per heavy atom. The highest BCUT2D eigenvalue weighted by Crippen LogP contribution is 2.21. The second kappa shape index (κ2) is 9.43. The monoisotopic (exact) mass is 391 g/mol. The SMILES string of the molecule is CC(C)CC(OC(=O)OC(=O)O)N(C(=O)OC(C)(C)C)C(=O)OC(C)(C)C. The average Bonchev–Trinajstić information content (AvgIpc) is 2.31. The zero-order valence-corrected chi connectivity index (χ0v) is 17.0. The Morgan fingerprint density at radius 2 is 1.30 bits per heavy atom. The number of carbonyl (C=O) groups excluding carboxylic acids is 3. The fourth-order valence-corrected chi connectivity index (χ4v) is 1.75. The molecular weight excluding hydrogens is 362 g/mol. The van der Waals surface area contributed by atoms with Crippen molar-refractivity contribution in [2.45, 2.75) is 79.2 Å². The van der Waals surface area contributed by atoms with Gasteiger partial charge in [-0.2, -0.15) is 4.90 Å². The topological polar surface area (TPSA) is 129 Å². The number of nitrogens with zero attached hydrogens (tertiary/aromatic N) is 1. The summed E-state index contributed by atoms with van der Waals surface area (Å²) >= 11 is 0. The number of carboxylic acid groups (broad SMARTS) is 1. The van der Waals surface area contributed by atoms with Crippen LogP contribution in [0.15, 0.2) is 0 Å². The largest absolute Gasteiger partial charge is 0.520 e. The lowest BCUT2D eigenvalue weighted by Gasteiger charge is -2.33. The number of rotatable bonds is 4. The summed E-state index contributed by atoms with van der Waals surface area (Å²) in [5.41, 5.74) is -1.89. The van der Waals surface area contributed by atoms with E-state index in [1.807, 2.05) is 0 Å². The zero-order chi connectivity index (χ0) is 21.6. The first-order valence-electron chi connectivity index (χ1n) is 8.38. The Hall–Kier alpha value is -2.52. The number of hydrogen-bond donors (Lipinski definition) is 1. The van der Waals surface area contributed by atoms with Crippen molar-refractivity contribution < 1.29 is 43.2 Å². The van der Waals surface area contributed by atoms with Gasteiger partial charge in [-0.1, -0.05) is 13.8 Å². The highest BCUT2D eigenvalue weighted by molar-refractivity contribution is 5.88. The van der Waals surface area contributed by atoms with E-state index in [0.717, 1.165) is 0 Å². The Balaban J connectivity index is 5.79. The minimum atomic E-state index is -1.88. The molecule has 0 saturated carbocycles. The van der Waals surface area contributed by atoms with Gasteiger partial charge < -0.3 is 24.1 Å². The van der Waals surface area contributed by atoms with Gasteiger partial charge in [-0.25, -0.2) is 19.2 Å². The lowest BCUT2D eigenvalue weighted by molar-refractivity contribution is -0.0647. The molecule has 2 amide bonds. The normalized spacial score (nSPS) is 12.8. The van der Waals surface area contributed by atoms with Crippen LogP contribution in [0.5, 0.6) is 0 Å². The molecule has 1 unspecified atom stereocenters. The Kier molecular flexibility index (Phi) is 8.55. The van der Waals surface area contributed by atoms with Crippen LogP contribution in [0.4, 0.5) is 19.2 Å². The van der Waals surface area contributed by atoms with Crippen molar-refractivity contribution in [3.63, 3.8) is 0 Å². The van der Waals surface area contributed by atoms with E-state index in [-0.39, 0.29) is 12.3 Å². The van der Waals surface area contributed by atoms with Crippen molar-refractivity contribution in [3.8, 4) is 0 Å². The molecule has 1 atom stereocenters. The van der Waals surface area contributed by atoms with Gasteiger partial charge in [0, 0.05) is 6.42 Å². The molecule has 0 aromatic heterocycles. The number of ether oxygens (including phenoxy) is 4. The first-order chi connectivity index (χ1) is 12.0. The third-order valence-corrected chi connectivity index (χ3v) is 2.54. The van der Waals surface area contributed by atoms with Crippen LogP contribution in [0.3, 0.4) is 0 Å². The van der Waals surface area contributed by atoms with Crippen LogP contribution in [0.1, 0.15) is 61.8 Å². The molecule has 0 aromatic carbocycles. The van der Waals surface area contributed by atoms with E-state index in [1.54, 1.807) is 55.4 Å². The van der Waals surface area contributed by atoms with Gasteiger partial charge in [0.05, 0.1) is 0 Å². The summed E-state index contributed by atoms with van der Waals surface area (Å²) in [6, 6.07) is 0. The molecule has 0 bridgehead atoms. The van der Waals surface area contributed by atoms with Gasteiger partial charge in [-0.05, 0) is 47.5 Å². The quantitative estimate of drug-likeness (QED) is 0.321. The molecule has 0 aliphatic carbocycles. The van der Waals surface area contributed by atoms with Gasteiger partial charge in [0.15, 0.2) is 6.23 Å². The van der Waals surface area contributed by atoms with Gasteiger partial charge in [0.25, 0.3) is 0 Å². The molecule has 10 heteroatoms. The van der Waals surface area contributed by atoms with Gasteiger partial charge in [0.2, 0.25) is 0 Å². The lowest BCUT2D eigenvalue weighted by Crippen LogP contribution is -2.51. The van der Waals surface area contributed by atoms with Gasteiger partial charge >= 0.3 is 24.5 Å². The van der Waals surface area contributed by atoms with E-state index in [0.29, 0.717) is 4.90 Å². The summed E-state index contributed by atoms with van der Waals surface area (Å²) in [7, 11) is 0. The van der Waals surface area contributed by atoms with Crippen molar-refractivity contribution in [2.24, 2.45) is 5.92 Å². The second-order valence-corrected chi connectivity index (χ2v) is 8.15. The Labute approximate surface area is 158 Å². The van der Waals surface area contributed by atoms with Gasteiger partial charge in [-0.3, -0.25) is 0 Å². The Bertz CT molecular complexity index is 530. The molecule has 156 valence electrons. The van der Waals surface area contributed by atoms with E-state index >= 15 is 0 Å². The maximum atomic E-state index is 12.6. The first-order valence-corrected chi connectivity index (χ1v) is 8.38. The molecule has 0 spiro atoms. The van der Waals surface area contributed by atoms with Crippen molar-refractivity contribution in [1.29, 1.82) is 0 Å². The fourth-order valence-electron chi connectivity index (χ4n) is 1.75. The van der Waals surface area contributed by atoms with Crippen molar-refractivity contribution in [2.75, 3.05) is 0 Å². The molecule has 0 aliphatic rings. The third kappa shape index (κ3) is 10.9. The Morgan fingerprint density at radius 3 is 1.59 bits per heavy atom. The average molecular weight is 391 g/mol. The molecule has 0 radical (unpaired) electrons. The predicted octanol–water partition coefficient (Wildman–Crippen LogP) is 4.36. The summed E-state index contributed by atoms with van der Waals surface area (Å²) in [5.74, 6) is -0.139. The molecule has 27 heavy (non-hydrogen) atoms. The van der Waals surface area contributed by atoms with E-state index in [2.05, 4.69) is 4.74 Å². The van der Waals surface area contributed by atoms with Crippen LogP contribution in [-0.2, 0) is 18.9 Å².